The quantitative estimate of drug-likeness (QED) is 0.884. The average molecular weight is 248 g/mol. The highest BCUT2D eigenvalue weighted by Crippen LogP contribution is 2.22. The van der Waals surface area contributed by atoms with Crippen LogP contribution in [0.4, 0.5) is 5.95 Å². The van der Waals surface area contributed by atoms with Crippen LogP contribution in [0.3, 0.4) is 0 Å². The molecular formula is C14H24N4. The fraction of sp³-hybridized carbons (Fsp3) is 0.714. The molecule has 18 heavy (non-hydrogen) atoms. The Balaban J connectivity index is 2.29. The molecule has 1 aromatic heterocycles. The summed E-state index contributed by atoms with van der Waals surface area (Å²) in [7, 11) is 0. The van der Waals surface area contributed by atoms with E-state index in [2.05, 4.69) is 34.8 Å². The molecule has 1 fully saturated rings. The summed E-state index contributed by atoms with van der Waals surface area (Å²) in [5, 5.41) is 0. The van der Waals surface area contributed by atoms with Gasteiger partial charge in [0, 0.05) is 30.5 Å². The topological polar surface area (TPSA) is 55.0 Å². The molecule has 0 amide bonds. The Morgan fingerprint density at radius 1 is 1.22 bits per heavy atom. The van der Waals surface area contributed by atoms with Gasteiger partial charge in [-0.1, -0.05) is 13.8 Å². The number of nitrogens with two attached hydrogens (primary N) is 1. The van der Waals surface area contributed by atoms with Gasteiger partial charge in [0.15, 0.2) is 0 Å². The average Bonchev–Trinajstić information content (AvgIpc) is 2.46. The molecule has 4 heteroatoms. The van der Waals surface area contributed by atoms with Crippen molar-refractivity contribution in [3.8, 4) is 0 Å². The molecule has 1 aliphatic rings. The van der Waals surface area contributed by atoms with Crippen molar-refractivity contribution < 1.29 is 0 Å². The summed E-state index contributed by atoms with van der Waals surface area (Å²) >= 11 is 0. The number of nitrogens with zero attached hydrogens (tertiary/aromatic N) is 3. The zero-order valence-corrected chi connectivity index (χ0v) is 11.5. The van der Waals surface area contributed by atoms with Crippen LogP contribution in [-0.2, 0) is 12.8 Å². The number of piperidine rings is 1. The maximum atomic E-state index is 5.87. The van der Waals surface area contributed by atoms with E-state index in [1.165, 1.54) is 12.8 Å². The van der Waals surface area contributed by atoms with Gasteiger partial charge in [-0.15, -0.1) is 0 Å². The van der Waals surface area contributed by atoms with Crippen molar-refractivity contribution in [2.75, 3.05) is 18.0 Å². The molecule has 1 saturated heterocycles. The zero-order valence-electron chi connectivity index (χ0n) is 11.5. The second-order valence-corrected chi connectivity index (χ2v) is 4.94. The first-order valence-electron chi connectivity index (χ1n) is 7.12. The lowest BCUT2D eigenvalue weighted by atomic mass is 10.0. The van der Waals surface area contributed by atoms with Gasteiger partial charge in [-0.25, -0.2) is 9.97 Å². The Labute approximate surface area is 110 Å². The predicted octanol–water partition coefficient (Wildman–Crippen LogP) is 1.92. The van der Waals surface area contributed by atoms with Gasteiger partial charge in [0.2, 0.25) is 5.95 Å². The maximum absolute atomic E-state index is 5.87. The normalized spacial score (nSPS) is 20.2. The number of rotatable bonds is 4. The van der Waals surface area contributed by atoms with Crippen LogP contribution in [0.25, 0.3) is 0 Å². The number of anilines is 1. The fourth-order valence-electron chi connectivity index (χ4n) is 2.54. The van der Waals surface area contributed by atoms with E-state index in [9.17, 15) is 0 Å². The van der Waals surface area contributed by atoms with Crippen molar-refractivity contribution in [3.63, 3.8) is 0 Å². The highest BCUT2D eigenvalue weighted by molar-refractivity contribution is 5.35. The Morgan fingerprint density at radius 3 is 2.44 bits per heavy atom. The highest BCUT2D eigenvalue weighted by Gasteiger charge is 2.23. The van der Waals surface area contributed by atoms with E-state index in [0.29, 0.717) is 12.6 Å². The highest BCUT2D eigenvalue weighted by atomic mass is 15.3. The zero-order chi connectivity index (χ0) is 13.0. The van der Waals surface area contributed by atoms with E-state index in [1.807, 2.05) is 0 Å². The summed E-state index contributed by atoms with van der Waals surface area (Å²) in [6.07, 6.45) is 5.58. The number of aromatic nitrogens is 2. The van der Waals surface area contributed by atoms with E-state index >= 15 is 0 Å². The minimum Gasteiger partial charge on any atom is -0.337 e. The molecule has 0 aliphatic carbocycles. The Hall–Kier alpha value is -1.16. The molecule has 2 N–H and O–H groups in total. The monoisotopic (exact) mass is 248 g/mol. The van der Waals surface area contributed by atoms with Crippen LogP contribution in [0.1, 0.15) is 44.5 Å². The van der Waals surface area contributed by atoms with Crippen molar-refractivity contribution in [1.29, 1.82) is 0 Å². The number of hydrogen-bond acceptors (Lipinski definition) is 4. The lowest BCUT2D eigenvalue weighted by Gasteiger charge is -2.35. The minimum absolute atomic E-state index is 0.413. The van der Waals surface area contributed by atoms with Gasteiger partial charge < -0.3 is 10.6 Å². The van der Waals surface area contributed by atoms with E-state index in [1.54, 1.807) is 0 Å². The molecule has 0 radical (unpaired) electrons. The van der Waals surface area contributed by atoms with Crippen LogP contribution in [-0.4, -0.2) is 29.1 Å². The fourth-order valence-corrected chi connectivity index (χ4v) is 2.54. The van der Waals surface area contributed by atoms with E-state index in [0.717, 1.165) is 43.1 Å². The van der Waals surface area contributed by atoms with Crippen LogP contribution in [0.5, 0.6) is 0 Å². The molecule has 0 spiro atoms. The maximum Gasteiger partial charge on any atom is 0.226 e. The van der Waals surface area contributed by atoms with E-state index in [-0.39, 0.29) is 0 Å². The van der Waals surface area contributed by atoms with E-state index < -0.39 is 0 Å². The van der Waals surface area contributed by atoms with Gasteiger partial charge in [-0.05, 0) is 38.2 Å². The van der Waals surface area contributed by atoms with Crippen molar-refractivity contribution in [2.24, 2.45) is 5.73 Å². The Morgan fingerprint density at radius 2 is 1.89 bits per heavy atom. The summed E-state index contributed by atoms with van der Waals surface area (Å²) < 4.78 is 0. The Bertz CT molecular complexity index is 369. The number of hydrogen-bond donors (Lipinski definition) is 1. The smallest absolute Gasteiger partial charge is 0.226 e. The van der Waals surface area contributed by atoms with E-state index in [4.69, 9.17) is 5.73 Å². The molecule has 2 heterocycles. The molecule has 1 atom stereocenters. The molecule has 1 aromatic rings. The van der Waals surface area contributed by atoms with Crippen LogP contribution in [0, 0.1) is 0 Å². The summed E-state index contributed by atoms with van der Waals surface area (Å²) in [6.45, 7) is 6.02. The van der Waals surface area contributed by atoms with Gasteiger partial charge in [-0.3, -0.25) is 0 Å². The molecular weight excluding hydrogens is 224 g/mol. The lowest BCUT2D eigenvalue weighted by Crippen LogP contribution is -2.45. The Kier molecular flexibility index (Phi) is 4.53. The molecule has 0 bridgehead atoms. The number of aryl methyl sites for hydroxylation is 2. The van der Waals surface area contributed by atoms with Crippen molar-refractivity contribution in [3.05, 3.63) is 17.5 Å². The molecule has 4 nitrogen and oxygen atoms in total. The first-order chi connectivity index (χ1) is 8.78. The summed E-state index contributed by atoms with van der Waals surface area (Å²) in [5.74, 6) is 0.890. The van der Waals surface area contributed by atoms with Crippen LogP contribution < -0.4 is 10.6 Å². The summed E-state index contributed by atoms with van der Waals surface area (Å²) in [5.41, 5.74) is 8.15. The van der Waals surface area contributed by atoms with Crippen molar-refractivity contribution >= 4 is 5.95 Å². The standard InChI is InChI=1S/C14H24N4/c1-3-11-9-12(4-2)17-14(16-11)18-8-6-5-7-13(18)10-15/h9,13H,3-8,10,15H2,1-2H3. The van der Waals surface area contributed by atoms with Crippen LogP contribution in [0.15, 0.2) is 6.07 Å². The summed E-state index contributed by atoms with van der Waals surface area (Å²) in [6, 6.07) is 2.53. The van der Waals surface area contributed by atoms with Gasteiger partial charge in [-0.2, -0.15) is 0 Å². The molecule has 1 aliphatic heterocycles. The second-order valence-electron chi connectivity index (χ2n) is 4.94. The van der Waals surface area contributed by atoms with Gasteiger partial charge in [0.1, 0.15) is 0 Å². The minimum atomic E-state index is 0.413. The van der Waals surface area contributed by atoms with Gasteiger partial charge in [0.05, 0.1) is 0 Å². The SMILES string of the molecule is CCc1cc(CC)nc(N2CCCCC2CN)n1. The largest absolute Gasteiger partial charge is 0.337 e. The molecule has 2 rings (SSSR count). The first kappa shape index (κ1) is 13.3. The first-order valence-corrected chi connectivity index (χ1v) is 7.12. The molecule has 0 aromatic carbocycles. The third-order valence-corrected chi connectivity index (χ3v) is 3.70. The second kappa shape index (κ2) is 6.14. The van der Waals surface area contributed by atoms with Crippen molar-refractivity contribution in [1.82, 2.24) is 9.97 Å². The van der Waals surface area contributed by atoms with Crippen LogP contribution in [0.2, 0.25) is 0 Å². The molecule has 0 saturated carbocycles. The predicted molar refractivity (Wildman–Crippen MR) is 74.8 cm³/mol. The van der Waals surface area contributed by atoms with Gasteiger partial charge in [0.25, 0.3) is 0 Å². The summed E-state index contributed by atoms with van der Waals surface area (Å²) in [4.78, 5) is 11.7. The molecule has 100 valence electrons. The van der Waals surface area contributed by atoms with Crippen molar-refractivity contribution in [2.45, 2.75) is 52.0 Å². The lowest BCUT2D eigenvalue weighted by molar-refractivity contribution is 0.457. The third-order valence-electron chi connectivity index (χ3n) is 3.70. The van der Waals surface area contributed by atoms with Crippen LogP contribution >= 0.6 is 0 Å². The third kappa shape index (κ3) is 2.80. The molecule has 1 unspecified atom stereocenters. The van der Waals surface area contributed by atoms with Gasteiger partial charge >= 0.3 is 0 Å².